The first-order chi connectivity index (χ1) is 9.62. The molecule has 1 unspecified atom stereocenters. The van der Waals surface area contributed by atoms with Crippen LogP contribution in [0.4, 0.5) is 0 Å². The third-order valence-electron chi connectivity index (χ3n) is 3.97. The summed E-state index contributed by atoms with van der Waals surface area (Å²) in [5, 5.41) is 9.07. The lowest BCUT2D eigenvalue weighted by molar-refractivity contribution is 0.198. The maximum absolute atomic E-state index is 12.1. The van der Waals surface area contributed by atoms with Gasteiger partial charge in [0.2, 0.25) is 0 Å². The molecule has 0 radical (unpaired) electrons. The van der Waals surface area contributed by atoms with Gasteiger partial charge in [-0.1, -0.05) is 12.1 Å². The summed E-state index contributed by atoms with van der Waals surface area (Å²) in [6.07, 6.45) is 2.85. The number of amidine groups is 1. The Hall–Kier alpha value is -1.40. The van der Waals surface area contributed by atoms with Crippen LogP contribution >= 0.6 is 0 Å². The van der Waals surface area contributed by atoms with Crippen LogP contribution in [0.2, 0.25) is 0 Å². The molecule has 0 saturated carbocycles. The minimum Gasteiger partial charge on any atom is -0.396 e. The topological polar surface area (TPSA) is 70.0 Å². The zero-order valence-corrected chi connectivity index (χ0v) is 12.0. The lowest BCUT2D eigenvalue weighted by Crippen LogP contribution is -2.40. The van der Waals surface area contributed by atoms with Crippen molar-refractivity contribution in [3.63, 3.8) is 0 Å². The van der Waals surface area contributed by atoms with Crippen LogP contribution in [0.25, 0.3) is 0 Å². The van der Waals surface area contributed by atoms with E-state index in [0.717, 1.165) is 32.4 Å². The fraction of sp³-hybridized carbons (Fsp3) is 0.500. The van der Waals surface area contributed by atoms with Gasteiger partial charge in [0, 0.05) is 25.3 Å². The second-order valence-electron chi connectivity index (χ2n) is 5.35. The Morgan fingerprint density at radius 2 is 2.15 bits per heavy atom. The number of hydrogen-bond acceptors (Lipinski definition) is 4. The number of fused-ring (bicyclic) bond motifs is 1. The van der Waals surface area contributed by atoms with Crippen molar-refractivity contribution < 1.29 is 13.5 Å². The molecule has 5 nitrogen and oxygen atoms in total. The average molecular weight is 294 g/mol. The molecule has 1 aromatic carbocycles. The van der Waals surface area contributed by atoms with E-state index in [9.17, 15) is 8.42 Å². The van der Waals surface area contributed by atoms with Gasteiger partial charge in [-0.2, -0.15) is 8.42 Å². The highest BCUT2D eigenvalue weighted by Gasteiger charge is 2.33. The van der Waals surface area contributed by atoms with Crippen LogP contribution in [0.1, 0.15) is 24.8 Å². The predicted octanol–water partition coefficient (Wildman–Crippen LogP) is 1.23. The van der Waals surface area contributed by atoms with Crippen molar-refractivity contribution in [3.05, 3.63) is 29.8 Å². The highest BCUT2D eigenvalue weighted by Crippen LogP contribution is 2.30. The zero-order valence-electron chi connectivity index (χ0n) is 11.2. The van der Waals surface area contributed by atoms with Gasteiger partial charge in [-0.15, -0.1) is 4.40 Å². The molecule has 1 atom stereocenters. The van der Waals surface area contributed by atoms with Crippen molar-refractivity contribution in [3.8, 4) is 0 Å². The lowest BCUT2D eigenvalue weighted by atomic mass is 9.94. The SMILES string of the molecule is O=S1(=O)N=C(N2CCCC(CCO)C2)c2ccccc21. The molecule has 1 saturated heterocycles. The van der Waals surface area contributed by atoms with Crippen LogP contribution in [0.3, 0.4) is 0 Å². The second-order valence-corrected chi connectivity index (χ2v) is 6.93. The molecule has 1 N–H and O–H groups in total. The number of benzene rings is 1. The van der Waals surface area contributed by atoms with Gasteiger partial charge in [0.05, 0.1) is 0 Å². The predicted molar refractivity (Wildman–Crippen MR) is 76.2 cm³/mol. The maximum Gasteiger partial charge on any atom is 0.285 e. The Labute approximate surface area is 119 Å². The molecule has 0 aromatic heterocycles. The van der Waals surface area contributed by atoms with Gasteiger partial charge in [-0.3, -0.25) is 0 Å². The molecule has 20 heavy (non-hydrogen) atoms. The molecule has 0 bridgehead atoms. The molecule has 1 fully saturated rings. The largest absolute Gasteiger partial charge is 0.396 e. The van der Waals surface area contributed by atoms with Crippen LogP contribution in [-0.4, -0.2) is 44.0 Å². The van der Waals surface area contributed by atoms with Crippen LogP contribution in [0.5, 0.6) is 0 Å². The molecule has 108 valence electrons. The van der Waals surface area contributed by atoms with Gasteiger partial charge in [0.25, 0.3) is 10.0 Å². The number of likely N-dealkylation sites (tertiary alicyclic amines) is 1. The Kier molecular flexibility index (Phi) is 3.52. The summed E-state index contributed by atoms with van der Waals surface area (Å²) in [7, 11) is -3.54. The van der Waals surface area contributed by atoms with Crippen molar-refractivity contribution in [1.29, 1.82) is 0 Å². The summed E-state index contributed by atoms with van der Waals surface area (Å²) in [5.74, 6) is 0.982. The average Bonchev–Trinajstić information content (AvgIpc) is 2.72. The number of aliphatic hydroxyl groups excluding tert-OH is 1. The smallest absolute Gasteiger partial charge is 0.285 e. The second kappa shape index (κ2) is 5.18. The van der Waals surface area contributed by atoms with Crippen LogP contribution < -0.4 is 0 Å². The van der Waals surface area contributed by atoms with E-state index in [2.05, 4.69) is 4.40 Å². The fourth-order valence-electron chi connectivity index (χ4n) is 2.99. The quantitative estimate of drug-likeness (QED) is 0.890. The molecule has 3 rings (SSSR count). The number of sulfonamides is 1. The Morgan fingerprint density at radius 1 is 1.35 bits per heavy atom. The molecule has 0 spiro atoms. The van der Waals surface area contributed by atoms with Crippen molar-refractivity contribution in [2.24, 2.45) is 10.3 Å². The minimum absolute atomic E-state index is 0.180. The van der Waals surface area contributed by atoms with Crippen LogP contribution in [0.15, 0.2) is 33.6 Å². The summed E-state index contributed by atoms with van der Waals surface area (Å²) < 4.78 is 28.1. The van der Waals surface area contributed by atoms with Gasteiger partial charge < -0.3 is 10.0 Å². The maximum atomic E-state index is 12.1. The molecule has 0 aliphatic carbocycles. The summed E-state index contributed by atoms with van der Waals surface area (Å²) >= 11 is 0. The summed E-state index contributed by atoms with van der Waals surface area (Å²) in [4.78, 5) is 2.35. The van der Waals surface area contributed by atoms with E-state index in [-0.39, 0.29) is 6.61 Å². The Morgan fingerprint density at radius 3 is 2.95 bits per heavy atom. The fourth-order valence-corrected chi connectivity index (χ4v) is 4.22. The number of hydrogen-bond donors (Lipinski definition) is 1. The van der Waals surface area contributed by atoms with E-state index < -0.39 is 10.0 Å². The standard InChI is InChI=1S/C14H18N2O3S/c17-9-7-11-4-3-8-16(10-11)14-12-5-1-2-6-13(12)20(18,19)15-14/h1-2,5-6,11,17H,3-4,7-10H2. The van der Waals surface area contributed by atoms with Gasteiger partial charge in [0.15, 0.2) is 5.84 Å². The Balaban J connectivity index is 1.91. The highest BCUT2D eigenvalue weighted by atomic mass is 32.2. The molecule has 2 aliphatic rings. The van der Waals surface area contributed by atoms with Crippen LogP contribution in [-0.2, 0) is 10.0 Å². The van der Waals surface area contributed by atoms with E-state index in [1.165, 1.54) is 0 Å². The van der Waals surface area contributed by atoms with E-state index in [0.29, 0.717) is 22.2 Å². The summed E-state index contributed by atoms with van der Waals surface area (Å²) in [6.45, 7) is 1.77. The van der Waals surface area contributed by atoms with Crippen molar-refractivity contribution >= 4 is 15.9 Å². The summed E-state index contributed by atoms with van der Waals surface area (Å²) in [5.41, 5.74) is 0.706. The van der Waals surface area contributed by atoms with Crippen molar-refractivity contribution in [2.45, 2.75) is 24.2 Å². The van der Waals surface area contributed by atoms with Crippen molar-refractivity contribution in [2.75, 3.05) is 19.7 Å². The number of aliphatic hydroxyl groups is 1. The highest BCUT2D eigenvalue weighted by molar-refractivity contribution is 7.90. The van der Waals surface area contributed by atoms with Gasteiger partial charge in [0.1, 0.15) is 4.90 Å². The third kappa shape index (κ3) is 2.33. The molecule has 2 aliphatic heterocycles. The first-order valence-electron chi connectivity index (χ1n) is 6.92. The van der Waals surface area contributed by atoms with E-state index in [1.807, 2.05) is 17.0 Å². The number of rotatable bonds is 2. The normalized spacial score (nSPS) is 24.4. The number of piperidine rings is 1. The third-order valence-corrected chi connectivity index (χ3v) is 5.29. The summed E-state index contributed by atoms with van der Waals surface area (Å²) in [6, 6.07) is 6.98. The molecular formula is C14H18N2O3S. The number of nitrogens with zero attached hydrogens (tertiary/aromatic N) is 2. The van der Waals surface area contributed by atoms with Gasteiger partial charge >= 0.3 is 0 Å². The molecule has 1 aromatic rings. The van der Waals surface area contributed by atoms with E-state index in [4.69, 9.17) is 5.11 Å². The molecular weight excluding hydrogens is 276 g/mol. The van der Waals surface area contributed by atoms with E-state index in [1.54, 1.807) is 12.1 Å². The monoisotopic (exact) mass is 294 g/mol. The van der Waals surface area contributed by atoms with E-state index >= 15 is 0 Å². The van der Waals surface area contributed by atoms with Gasteiger partial charge in [-0.05, 0) is 37.3 Å². The van der Waals surface area contributed by atoms with Crippen molar-refractivity contribution in [1.82, 2.24) is 4.90 Å². The zero-order chi connectivity index (χ0) is 14.2. The minimum atomic E-state index is -3.54. The molecule has 6 heteroatoms. The first-order valence-corrected chi connectivity index (χ1v) is 8.36. The molecule has 0 amide bonds. The first kappa shape index (κ1) is 13.6. The van der Waals surface area contributed by atoms with Crippen LogP contribution in [0, 0.1) is 5.92 Å². The molecule has 2 heterocycles. The Bertz CT molecular complexity index is 638. The van der Waals surface area contributed by atoms with Gasteiger partial charge in [-0.25, -0.2) is 0 Å². The lowest BCUT2D eigenvalue weighted by Gasteiger charge is -2.33.